The summed E-state index contributed by atoms with van der Waals surface area (Å²) in [5.41, 5.74) is 0.409. The van der Waals surface area contributed by atoms with Gasteiger partial charge in [0, 0.05) is 10.5 Å². The van der Waals surface area contributed by atoms with E-state index in [0.717, 1.165) is 0 Å². The minimum atomic E-state index is -0.951. The second-order valence-electron chi connectivity index (χ2n) is 3.82. The van der Waals surface area contributed by atoms with E-state index in [2.05, 4.69) is 21.2 Å². The number of rotatable bonds is 5. The topological polar surface area (TPSA) is 75.6 Å². The van der Waals surface area contributed by atoms with Crippen LogP contribution in [0, 0.1) is 0 Å². The maximum atomic E-state index is 11.9. The van der Waals surface area contributed by atoms with Crippen LogP contribution >= 0.6 is 15.9 Å². The van der Waals surface area contributed by atoms with Gasteiger partial charge in [0.2, 0.25) is 0 Å². The average Bonchev–Trinajstić information content (AvgIpc) is 2.28. The third-order valence-corrected chi connectivity index (χ3v) is 2.97. The summed E-state index contributed by atoms with van der Waals surface area (Å²) in [5.74, 6) is -0.726. The van der Waals surface area contributed by atoms with Crippen LogP contribution in [0.1, 0.15) is 23.7 Å². The fraction of sp³-hybridized carbons (Fsp3) is 0.333. The lowest BCUT2D eigenvalue weighted by molar-refractivity contribution is -0.137. The summed E-state index contributed by atoms with van der Waals surface area (Å²) >= 11 is 3.27. The van der Waals surface area contributed by atoms with Crippen molar-refractivity contribution in [2.24, 2.45) is 0 Å². The predicted molar refractivity (Wildman–Crippen MR) is 69.9 cm³/mol. The summed E-state index contributed by atoms with van der Waals surface area (Å²) in [5, 5.41) is 11.2. The molecule has 1 atom stereocenters. The van der Waals surface area contributed by atoms with Gasteiger partial charge in [0.1, 0.15) is 5.75 Å². The molecule has 0 aliphatic rings. The van der Waals surface area contributed by atoms with Crippen LogP contribution < -0.4 is 10.1 Å². The Hall–Kier alpha value is -1.56. The first-order valence-electron chi connectivity index (χ1n) is 5.30. The number of carbonyl (C=O) groups excluding carboxylic acids is 1. The van der Waals surface area contributed by atoms with Gasteiger partial charge < -0.3 is 15.2 Å². The molecule has 0 aliphatic carbocycles. The number of methoxy groups -OCH3 is 1. The van der Waals surface area contributed by atoms with Crippen LogP contribution in [0.15, 0.2) is 22.7 Å². The van der Waals surface area contributed by atoms with E-state index in [1.807, 2.05) is 0 Å². The monoisotopic (exact) mass is 315 g/mol. The number of hydrogen-bond acceptors (Lipinski definition) is 3. The highest BCUT2D eigenvalue weighted by Gasteiger charge is 2.15. The quantitative estimate of drug-likeness (QED) is 0.872. The molecule has 1 amide bonds. The molecule has 1 aromatic rings. The minimum absolute atomic E-state index is 0.118. The summed E-state index contributed by atoms with van der Waals surface area (Å²) in [6, 6.07) is 4.58. The Morgan fingerprint density at radius 1 is 1.50 bits per heavy atom. The van der Waals surface area contributed by atoms with E-state index in [9.17, 15) is 9.59 Å². The molecule has 0 aliphatic heterocycles. The summed E-state index contributed by atoms with van der Waals surface area (Å²) in [7, 11) is 1.51. The van der Waals surface area contributed by atoms with Crippen molar-refractivity contribution in [3.8, 4) is 5.75 Å². The predicted octanol–water partition coefficient (Wildman–Crippen LogP) is 2.05. The Kier molecular flexibility index (Phi) is 5.15. The first-order chi connectivity index (χ1) is 8.43. The first kappa shape index (κ1) is 14.5. The molecular formula is C12H14BrNO4. The van der Waals surface area contributed by atoms with Crippen LogP contribution in [-0.2, 0) is 4.79 Å². The summed E-state index contributed by atoms with van der Waals surface area (Å²) < 4.78 is 5.66. The highest BCUT2D eigenvalue weighted by atomic mass is 79.9. The molecule has 0 heterocycles. The maximum absolute atomic E-state index is 11.9. The van der Waals surface area contributed by atoms with Crippen molar-refractivity contribution in [3.63, 3.8) is 0 Å². The number of carboxylic acids is 1. The van der Waals surface area contributed by atoms with Gasteiger partial charge in [-0.3, -0.25) is 9.59 Å². The van der Waals surface area contributed by atoms with E-state index in [4.69, 9.17) is 9.84 Å². The number of ether oxygens (including phenoxy) is 1. The smallest absolute Gasteiger partial charge is 0.305 e. The lowest BCUT2D eigenvalue weighted by atomic mass is 10.1. The number of benzene rings is 1. The number of halogens is 1. The Morgan fingerprint density at radius 3 is 2.72 bits per heavy atom. The normalized spacial score (nSPS) is 11.7. The third kappa shape index (κ3) is 4.03. The zero-order chi connectivity index (χ0) is 13.7. The van der Waals surface area contributed by atoms with Gasteiger partial charge in [0.15, 0.2) is 0 Å². The van der Waals surface area contributed by atoms with Crippen LogP contribution in [0.2, 0.25) is 0 Å². The van der Waals surface area contributed by atoms with Gasteiger partial charge in [-0.2, -0.15) is 0 Å². The van der Waals surface area contributed by atoms with Gasteiger partial charge in [0.05, 0.1) is 19.1 Å². The van der Waals surface area contributed by atoms with Crippen LogP contribution in [0.4, 0.5) is 0 Å². The van der Waals surface area contributed by atoms with Gasteiger partial charge in [0.25, 0.3) is 5.91 Å². The van der Waals surface area contributed by atoms with Crippen molar-refractivity contribution in [2.45, 2.75) is 19.4 Å². The van der Waals surface area contributed by atoms with Crippen LogP contribution in [0.3, 0.4) is 0 Å². The van der Waals surface area contributed by atoms with Gasteiger partial charge in [-0.1, -0.05) is 0 Å². The molecule has 1 rings (SSSR count). The molecule has 0 fully saturated rings. The van der Waals surface area contributed by atoms with E-state index in [1.54, 1.807) is 25.1 Å². The second-order valence-corrected chi connectivity index (χ2v) is 4.67. The molecule has 0 aromatic heterocycles. The van der Waals surface area contributed by atoms with Crippen molar-refractivity contribution in [3.05, 3.63) is 28.2 Å². The zero-order valence-electron chi connectivity index (χ0n) is 10.1. The summed E-state index contributed by atoms with van der Waals surface area (Å²) in [4.78, 5) is 22.5. The molecule has 5 nitrogen and oxygen atoms in total. The Morgan fingerprint density at radius 2 is 2.17 bits per heavy atom. The molecule has 0 spiro atoms. The Labute approximate surface area is 113 Å². The van der Waals surface area contributed by atoms with Crippen molar-refractivity contribution < 1.29 is 19.4 Å². The number of carbonyl (C=O) groups is 2. The highest BCUT2D eigenvalue weighted by Crippen LogP contribution is 2.22. The standard InChI is InChI=1S/C12H14BrNO4/c1-7(5-11(15)16)14-12(17)9-6-8(18-2)3-4-10(9)13/h3-4,6-7H,5H2,1-2H3,(H,14,17)(H,15,16). The van der Waals surface area contributed by atoms with Crippen LogP contribution in [-0.4, -0.2) is 30.1 Å². The van der Waals surface area contributed by atoms with Crippen molar-refractivity contribution >= 4 is 27.8 Å². The first-order valence-corrected chi connectivity index (χ1v) is 6.09. The molecule has 6 heteroatoms. The second kappa shape index (κ2) is 6.39. The van der Waals surface area contributed by atoms with Gasteiger partial charge in [-0.25, -0.2) is 0 Å². The number of amides is 1. The van der Waals surface area contributed by atoms with Gasteiger partial charge in [-0.15, -0.1) is 0 Å². The van der Waals surface area contributed by atoms with E-state index < -0.39 is 12.0 Å². The molecule has 0 saturated carbocycles. The SMILES string of the molecule is COc1ccc(Br)c(C(=O)NC(C)CC(=O)O)c1. The number of hydrogen-bond donors (Lipinski definition) is 2. The van der Waals surface area contributed by atoms with E-state index in [-0.39, 0.29) is 12.3 Å². The van der Waals surface area contributed by atoms with Crippen molar-refractivity contribution in [1.82, 2.24) is 5.32 Å². The lowest BCUT2D eigenvalue weighted by Crippen LogP contribution is -2.34. The Balaban J connectivity index is 2.80. The molecule has 0 radical (unpaired) electrons. The fourth-order valence-electron chi connectivity index (χ4n) is 1.42. The Bertz CT molecular complexity index is 461. The number of carboxylic acid groups (broad SMARTS) is 1. The summed E-state index contributed by atoms with van der Waals surface area (Å²) in [6.07, 6.45) is -0.118. The molecular weight excluding hydrogens is 302 g/mol. The molecule has 18 heavy (non-hydrogen) atoms. The molecule has 98 valence electrons. The fourth-order valence-corrected chi connectivity index (χ4v) is 1.85. The molecule has 0 saturated heterocycles. The molecule has 1 unspecified atom stereocenters. The third-order valence-electron chi connectivity index (χ3n) is 2.28. The van der Waals surface area contributed by atoms with Crippen molar-refractivity contribution in [1.29, 1.82) is 0 Å². The lowest BCUT2D eigenvalue weighted by Gasteiger charge is -2.13. The van der Waals surface area contributed by atoms with Gasteiger partial charge in [-0.05, 0) is 41.1 Å². The largest absolute Gasteiger partial charge is 0.497 e. The van der Waals surface area contributed by atoms with Gasteiger partial charge >= 0.3 is 5.97 Å². The number of nitrogens with one attached hydrogen (secondary N) is 1. The van der Waals surface area contributed by atoms with E-state index in [0.29, 0.717) is 15.8 Å². The molecule has 2 N–H and O–H groups in total. The average molecular weight is 316 g/mol. The minimum Gasteiger partial charge on any atom is -0.497 e. The zero-order valence-corrected chi connectivity index (χ0v) is 11.7. The molecule has 0 bridgehead atoms. The highest BCUT2D eigenvalue weighted by molar-refractivity contribution is 9.10. The van der Waals surface area contributed by atoms with E-state index >= 15 is 0 Å². The maximum Gasteiger partial charge on any atom is 0.305 e. The van der Waals surface area contributed by atoms with Crippen LogP contribution in [0.5, 0.6) is 5.75 Å². The summed E-state index contributed by atoms with van der Waals surface area (Å²) in [6.45, 7) is 1.64. The van der Waals surface area contributed by atoms with Crippen molar-refractivity contribution in [2.75, 3.05) is 7.11 Å². The molecule has 1 aromatic carbocycles. The van der Waals surface area contributed by atoms with Crippen LogP contribution in [0.25, 0.3) is 0 Å². The number of aliphatic carboxylic acids is 1. The van der Waals surface area contributed by atoms with E-state index in [1.165, 1.54) is 7.11 Å².